The zero-order valence-corrected chi connectivity index (χ0v) is 22.1. The standard InChI is InChI=1S/C28H36N8S/c37-28(32-24-5-7-25(8-6-24)36-12-3-11-31-36)30-19-26-18-22-9-13-35(26)21-23(22)20-33-14-16-34(17-15-33)27-4-1-2-10-29-27/h1-8,10-12,22-23,26H,9,13-21H2,(H2,30,32,37). The summed E-state index contributed by atoms with van der Waals surface area (Å²) in [5.74, 6) is 2.71. The van der Waals surface area contributed by atoms with Gasteiger partial charge >= 0.3 is 0 Å². The zero-order chi connectivity index (χ0) is 25.0. The van der Waals surface area contributed by atoms with Gasteiger partial charge in [-0.3, -0.25) is 9.80 Å². The molecular weight excluding hydrogens is 480 g/mol. The van der Waals surface area contributed by atoms with E-state index in [9.17, 15) is 0 Å². The van der Waals surface area contributed by atoms with Gasteiger partial charge in [0.2, 0.25) is 0 Å². The molecule has 4 unspecified atom stereocenters. The Morgan fingerprint density at radius 1 is 0.973 bits per heavy atom. The van der Waals surface area contributed by atoms with Crippen LogP contribution in [0, 0.1) is 11.8 Å². The molecule has 0 amide bonds. The Balaban J connectivity index is 0.939. The Kier molecular flexibility index (Phi) is 7.34. The molecule has 2 bridgehead atoms. The lowest BCUT2D eigenvalue weighted by atomic mass is 9.75. The van der Waals surface area contributed by atoms with E-state index in [4.69, 9.17) is 12.2 Å². The van der Waals surface area contributed by atoms with Gasteiger partial charge in [0.15, 0.2) is 5.11 Å². The molecule has 4 fully saturated rings. The summed E-state index contributed by atoms with van der Waals surface area (Å²) < 4.78 is 1.85. The Morgan fingerprint density at radius 2 is 1.84 bits per heavy atom. The van der Waals surface area contributed by atoms with Crippen LogP contribution in [0.2, 0.25) is 0 Å². The lowest BCUT2D eigenvalue weighted by molar-refractivity contribution is -0.0110. The number of nitrogens with one attached hydrogen (secondary N) is 2. The summed E-state index contributed by atoms with van der Waals surface area (Å²) in [6.07, 6.45) is 8.22. The summed E-state index contributed by atoms with van der Waals surface area (Å²) in [7, 11) is 0. The summed E-state index contributed by atoms with van der Waals surface area (Å²) in [5, 5.41) is 11.8. The number of fused-ring (bicyclic) bond motifs is 3. The Morgan fingerprint density at radius 3 is 2.54 bits per heavy atom. The van der Waals surface area contributed by atoms with Crippen molar-refractivity contribution in [2.75, 3.05) is 62.6 Å². The van der Waals surface area contributed by atoms with Crippen LogP contribution in [0.15, 0.2) is 67.1 Å². The SMILES string of the molecule is S=C(NCC1CC2CCN1CC2CN1CCN(c2ccccn2)CC1)Nc1ccc(-n2cccn2)cc1. The summed E-state index contributed by atoms with van der Waals surface area (Å²) in [5.41, 5.74) is 2.02. The van der Waals surface area contributed by atoms with E-state index in [2.05, 4.69) is 47.5 Å². The molecule has 0 aliphatic carbocycles. The van der Waals surface area contributed by atoms with Gasteiger partial charge in [0.25, 0.3) is 0 Å². The topological polar surface area (TPSA) is 64.5 Å². The largest absolute Gasteiger partial charge is 0.361 e. The van der Waals surface area contributed by atoms with E-state index in [1.807, 2.05) is 53.5 Å². The quantitative estimate of drug-likeness (QED) is 0.465. The third kappa shape index (κ3) is 5.79. The first-order valence-corrected chi connectivity index (χ1v) is 13.9. The molecule has 9 heteroatoms. The van der Waals surface area contributed by atoms with Gasteiger partial charge < -0.3 is 15.5 Å². The Hall–Kier alpha value is -3.01. The van der Waals surface area contributed by atoms with Crippen molar-refractivity contribution in [3.05, 3.63) is 67.1 Å². The number of benzene rings is 1. The molecule has 1 aromatic carbocycles. The molecule has 4 atom stereocenters. The summed E-state index contributed by atoms with van der Waals surface area (Å²) in [6, 6.07) is 16.8. The molecule has 2 N–H and O–H groups in total. The minimum absolute atomic E-state index is 0.568. The number of piperidine rings is 3. The number of hydrogen-bond acceptors (Lipinski definition) is 6. The van der Waals surface area contributed by atoms with Crippen LogP contribution in [-0.2, 0) is 0 Å². The van der Waals surface area contributed by atoms with E-state index in [-0.39, 0.29) is 0 Å². The van der Waals surface area contributed by atoms with Gasteiger partial charge in [-0.1, -0.05) is 6.07 Å². The monoisotopic (exact) mass is 516 g/mol. The Bertz CT molecular complexity index is 1140. The summed E-state index contributed by atoms with van der Waals surface area (Å²) >= 11 is 5.61. The fraction of sp³-hybridized carbons (Fsp3) is 0.464. The first kappa shape index (κ1) is 24.3. The van der Waals surface area contributed by atoms with Crippen LogP contribution in [0.3, 0.4) is 0 Å². The average molecular weight is 517 g/mol. The molecule has 0 saturated carbocycles. The maximum atomic E-state index is 5.61. The normalized spacial score (nSPS) is 25.7. The van der Waals surface area contributed by atoms with Crippen LogP contribution in [0.5, 0.6) is 0 Å². The van der Waals surface area contributed by atoms with Gasteiger partial charge in [-0.25, -0.2) is 9.67 Å². The number of nitrogens with zero attached hydrogens (tertiary/aromatic N) is 6. The number of anilines is 2. The van der Waals surface area contributed by atoms with E-state index >= 15 is 0 Å². The second kappa shape index (κ2) is 11.2. The number of piperazine rings is 1. The second-order valence-corrected chi connectivity index (χ2v) is 10.9. The van der Waals surface area contributed by atoms with Crippen molar-refractivity contribution in [3.8, 4) is 5.69 Å². The molecule has 0 spiro atoms. The number of rotatable bonds is 7. The average Bonchev–Trinajstić information content (AvgIpc) is 3.49. The smallest absolute Gasteiger partial charge is 0.170 e. The Labute approximate surface area is 224 Å². The van der Waals surface area contributed by atoms with Crippen LogP contribution in [0.25, 0.3) is 5.69 Å². The predicted molar refractivity (Wildman–Crippen MR) is 152 cm³/mol. The molecule has 0 radical (unpaired) electrons. The minimum Gasteiger partial charge on any atom is -0.361 e. The van der Waals surface area contributed by atoms with Crippen molar-refractivity contribution in [1.29, 1.82) is 0 Å². The number of thiocarbonyl (C=S) groups is 1. The van der Waals surface area contributed by atoms with Gasteiger partial charge in [-0.15, -0.1) is 0 Å². The third-order valence-electron chi connectivity index (χ3n) is 8.24. The molecule has 6 heterocycles. The van der Waals surface area contributed by atoms with Gasteiger partial charge in [0, 0.05) is 76.1 Å². The molecule has 4 aliphatic heterocycles. The predicted octanol–water partition coefficient (Wildman–Crippen LogP) is 3.09. The maximum Gasteiger partial charge on any atom is 0.170 e. The number of hydrogen-bond donors (Lipinski definition) is 2. The van der Waals surface area contributed by atoms with Crippen molar-refractivity contribution in [2.45, 2.75) is 18.9 Å². The molecule has 3 aromatic rings. The van der Waals surface area contributed by atoms with Crippen molar-refractivity contribution < 1.29 is 0 Å². The molecule has 4 saturated heterocycles. The van der Waals surface area contributed by atoms with Crippen LogP contribution in [0.1, 0.15) is 12.8 Å². The molecule has 7 rings (SSSR count). The van der Waals surface area contributed by atoms with E-state index < -0.39 is 0 Å². The number of aromatic nitrogens is 3. The lowest BCUT2D eigenvalue weighted by Gasteiger charge is -2.51. The van der Waals surface area contributed by atoms with Gasteiger partial charge in [-0.2, -0.15) is 5.10 Å². The van der Waals surface area contributed by atoms with Crippen molar-refractivity contribution in [1.82, 2.24) is 29.9 Å². The molecule has 194 valence electrons. The van der Waals surface area contributed by atoms with Crippen LogP contribution >= 0.6 is 12.2 Å². The van der Waals surface area contributed by atoms with Crippen molar-refractivity contribution >= 4 is 28.8 Å². The molecule has 4 aliphatic rings. The van der Waals surface area contributed by atoms with Gasteiger partial charge in [-0.05, 0) is 85.9 Å². The van der Waals surface area contributed by atoms with Gasteiger partial charge in [0.05, 0.1) is 5.69 Å². The number of pyridine rings is 1. The van der Waals surface area contributed by atoms with E-state index in [0.29, 0.717) is 11.2 Å². The minimum atomic E-state index is 0.568. The fourth-order valence-corrected chi connectivity index (χ4v) is 6.41. The summed E-state index contributed by atoms with van der Waals surface area (Å²) in [6.45, 7) is 8.97. The highest BCUT2D eigenvalue weighted by molar-refractivity contribution is 7.80. The van der Waals surface area contributed by atoms with E-state index in [0.717, 1.165) is 61.8 Å². The van der Waals surface area contributed by atoms with Crippen molar-refractivity contribution in [2.24, 2.45) is 11.8 Å². The molecule has 37 heavy (non-hydrogen) atoms. The highest BCUT2D eigenvalue weighted by atomic mass is 32.1. The zero-order valence-electron chi connectivity index (χ0n) is 21.2. The maximum absolute atomic E-state index is 5.61. The van der Waals surface area contributed by atoms with Crippen LogP contribution in [-0.4, -0.2) is 88.1 Å². The lowest BCUT2D eigenvalue weighted by Crippen LogP contribution is -2.59. The third-order valence-corrected chi connectivity index (χ3v) is 8.49. The first-order valence-electron chi connectivity index (χ1n) is 13.5. The fourth-order valence-electron chi connectivity index (χ4n) is 6.21. The first-order chi connectivity index (χ1) is 18.2. The van der Waals surface area contributed by atoms with E-state index in [1.165, 1.54) is 32.5 Å². The molecule has 2 aromatic heterocycles. The molecule has 8 nitrogen and oxygen atoms in total. The highest BCUT2D eigenvalue weighted by Crippen LogP contribution is 2.36. The highest BCUT2D eigenvalue weighted by Gasteiger charge is 2.40. The molecular formula is C28H36N8S. The van der Waals surface area contributed by atoms with Crippen molar-refractivity contribution in [3.63, 3.8) is 0 Å². The summed E-state index contributed by atoms with van der Waals surface area (Å²) in [4.78, 5) is 12.3. The van der Waals surface area contributed by atoms with Crippen LogP contribution in [0.4, 0.5) is 11.5 Å². The van der Waals surface area contributed by atoms with Gasteiger partial charge in [0.1, 0.15) is 5.82 Å². The van der Waals surface area contributed by atoms with Crippen LogP contribution < -0.4 is 15.5 Å². The van der Waals surface area contributed by atoms with E-state index in [1.54, 1.807) is 6.20 Å². The second-order valence-electron chi connectivity index (χ2n) is 10.5.